The maximum Gasteiger partial charge on any atom is 0.511 e. The molecule has 44 heavy (non-hydrogen) atoms. The second-order valence-corrected chi connectivity index (χ2v) is 11.1. The lowest BCUT2D eigenvalue weighted by atomic mass is 9.92. The van der Waals surface area contributed by atoms with Crippen molar-refractivity contribution in [1.29, 1.82) is 0 Å². The number of carbonyl (C=O) groups is 2. The molecule has 0 spiro atoms. The lowest BCUT2D eigenvalue weighted by Gasteiger charge is -2.51. The molecule has 10 nitrogen and oxygen atoms in total. The van der Waals surface area contributed by atoms with Gasteiger partial charge in [-0.15, -0.1) is 11.3 Å². The number of thiophene rings is 1. The molecule has 2 atom stereocenters. The summed E-state index contributed by atoms with van der Waals surface area (Å²) in [5, 5.41) is 3.67. The van der Waals surface area contributed by atoms with Crippen molar-refractivity contribution in [1.82, 2.24) is 9.58 Å². The highest BCUT2D eigenvalue weighted by Crippen LogP contribution is 2.51. The van der Waals surface area contributed by atoms with Crippen LogP contribution in [0.3, 0.4) is 0 Å². The van der Waals surface area contributed by atoms with Gasteiger partial charge in [0.05, 0.1) is 25.9 Å². The maximum atomic E-state index is 15.9. The molecule has 0 N–H and O–H groups in total. The number of carbonyl (C=O) groups excluding carboxylic acids is 2. The van der Waals surface area contributed by atoms with E-state index < -0.39 is 48.1 Å². The fourth-order valence-electron chi connectivity index (χ4n) is 6.13. The number of aromatic nitrogens is 1. The molecule has 1 fully saturated rings. The third-order valence-corrected chi connectivity index (χ3v) is 8.87. The Bertz CT molecular complexity index is 1860. The summed E-state index contributed by atoms with van der Waals surface area (Å²) in [5.74, 6) is -2.79. The molecular formula is C31H25F2N3O7S. The third-order valence-electron chi connectivity index (χ3n) is 7.92. The van der Waals surface area contributed by atoms with Crippen LogP contribution < -0.4 is 15.2 Å². The number of nitrogens with zero attached hydrogens (tertiary/aromatic N) is 3. The number of morpholine rings is 1. The molecule has 2 aromatic heterocycles. The van der Waals surface area contributed by atoms with Crippen molar-refractivity contribution in [2.75, 3.05) is 38.2 Å². The van der Waals surface area contributed by atoms with Crippen LogP contribution in [0.2, 0.25) is 0 Å². The van der Waals surface area contributed by atoms with Gasteiger partial charge in [0, 0.05) is 34.8 Å². The van der Waals surface area contributed by atoms with Gasteiger partial charge in [-0.1, -0.05) is 30.3 Å². The molecule has 2 unspecified atom stereocenters. The average Bonchev–Trinajstić information content (AvgIpc) is 3.47. The molecule has 2 aromatic carbocycles. The highest BCUT2D eigenvalue weighted by Gasteiger charge is 2.47. The van der Waals surface area contributed by atoms with Crippen LogP contribution in [0.1, 0.15) is 34.6 Å². The first-order valence-electron chi connectivity index (χ1n) is 13.9. The number of hydrogen-bond acceptors (Lipinski definition) is 9. The summed E-state index contributed by atoms with van der Waals surface area (Å²) in [4.78, 5) is 41.2. The van der Waals surface area contributed by atoms with E-state index in [9.17, 15) is 18.8 Å². The number of amides is 1. The number of rotatable bonds is 5. The number of halogens is 2. The van der Waals surface area contributed by atoms with Crippen LogP contribution in [0.15, 0.2) is 64.9 Å². The quantitative estimate of drug-likeness (QED) is 0.230. The minimum atomic E-state index is -0.994. The first-order valence-corrected chi connectivity index (χ1v) is 14.8. The van der Waals surface area contributed by atoms with Crippen LogP contribution in [0.25, 0.3) is 21.6 Å². The van der Waals surface area contributed by atoms with Crippen LogP contribution >= 0.6 is 11.3 Å². The van der Waals surface area contributed by atoms with Gasteiger partial charge in [0.25, 0.3) is 5.91 Å². The van der Waals surface area contributed by atoms with Gasteiger partial charge < -0.3 is 23.8 Å². The molecule has 7 rings (SSSR count). The largest absolute Gasteiger partial charge is 0.511 e. The smallest absolute Gasteiger partial charge is 0.451 e. The highest BCUT2D eigenvalue weighted by atomic mass is 32.1. The summed E-state index contributed by atoms with van der Waals surface area (Å²) in [6.45, 7) is 1.58. The van der Waals surface area contributed by atoms with Crippen LogP contribution in [-0.4, -0.2) is 61.0 Å². The normalized spacial score (nSPS) is 18.3. The Hall–Kier alpha value is -4.75. The van der Waals surface area contributed by atoms with Crippen molar-refractivity contribution in [2.24, 2.45) is 0 Å². The van der Waals surface area contributed by atoms with Gasteiger partial charge in [-0.3, -0.25) is 19.3 Å². The van der Waals surface area contributed by atoms with Crippen molar-refractivity contribution in [2.45, 2.75) is 19.1 Å². The average molecular weight is 622 g/mol. The standard InChI is InChI=1S/C31H25F2N3O7S/c1-2-41-31(39)43-16-42-28-22(37)9-11-35-27(28)30(38)34-12-13-40-15-23(34)36(35)26-17-5-3-4-6-18(17)29-20(10-14-44-29)24-19(26)7-8-21(32)25(24)33/h3-11,14,23,26H,2,12-13,15-16H2,1H3. The third kappa shape index (κ3) is 4.34. The van der Waals surface area contributed by atoms with E-state index in [1.807, 2.05) is 34.7 Å². The van der Waals surface area contributed by atoms with Crippen molar-refractivity contribution >= 4 is 23.4 Å². The minimum Gasteiger partial charge on any atom is -0.451 e. The van der Waals surface area contributed by atoms with Crippen LogP contribution in [0.4, 0.5) is 13.6 Å². The van der Waals surface area contributed by atoms with E-state index in [1.54, 1.807) is 24.0 Å². The number of ether oxygens (including phenoxy) is 4. The van der Waals surface area contributed by atoms with Gasteiger partial charge in [-0.2, -0.15) is 0 Å². The Morgan fingerprint density at radius 2 is 1.89 bits per heavy atom. The van der Waals surface area contributed by atoms with Gasteiger partial charge in [0.15, 0.2) is 17.3 Å². The molecule has 0 bridgehead atoms. The zero-order chi connectivity index (χ0) is 30.5. The Morgan fingerprint density at radius 1 is 1.05 bits per heavy atom. The molecule has 226 valence electrons. The number of fused-ring (bicyclic) bond motifs is 7. The van der Waals surface area contributed by atoms with E-state index in [0.29, 0.717) is 11.1 Å². The molecule has 0 radical (unpaired) electrons. The zero-order valence-electron chi connectivity index (χ0n) is 23.3. The monoisotopic (exact) mass is 621 g/mol. The van der Waals surface area contributed by atoms with E-state index >= 15 is 4.39 Å². The van der Waals surface area contributed by atoms with Crippen molar-refractivity contribution < 1.29 is 37.3 Å². The number of hydrogen-bond donors (Lipinski definition) is 0. The fourth-order valence-corrected chi connectivity index (χ4v) is 7.08. The molecule has 2 aliphatic heterocycles. The molecule has 1 amide bonds. The van der Waals surface area contributed by atoms with Crippen LogP contribution in [0.5, 0.6) is 5.75 Å². The van der Waals surface area contributed by atoms with Gasteiger partial charge in [-0.05, 0) is 41.1 Å². The van der Waals surface area contributed by atoms with Gasteiger partial charge in [0.1, 0.15) is 6.17 Å². The Morgan fingerprint density at radius 3 is 2.73 bits per heavy atom. The van der Waals surface area contributed by atoms with Crippen molar-refractivity contribution in [3.63, 3.8) is 0 Å². The molecule has 0 saturated carbocycles. The second-order valence-electron chi connectivity index (χ2n) is 10.2. The second kappa shape index (κ2) is 11.1. The Balaban J connectivity index is 1.46. The predicted molar refractivity (Wildman–Crippen MR) is 155 cm³/mol. The molecule has 1 aliphatic carbocycles. The van der Waals surface area contributed by atoms with Crippen molar-refractivity contribution in [3.05, 3.63) is 98.8 Å². The summed E-state index contributed by atoms with van der Waals surface area (Å²) >= 11 is 1.42. The SMILES string of the molecule is CCOC(=O)OCOc1c2n(ccc1=O)N(C1c3ccccc3-c3sccc3-c3c1ccc(F)c3F)C1COCCN1C2=O. The van der Waals surface area contributed by atoms with E-state index in [4.69, 9.17) is 18.9 Å². The zero-order valence-corrected chi connectivity index (χ0v) is 24.1. The van der Waals surface area contributed by atoms with Gasteiger partial charge in [0.2, 0.25) is 18.0 Å². The summed E-state index contributed by atoms with van der Waals surface area (Å²) < 4.78 is 53.3. The Labute approximate surface area is 253 Å². The first kappa shape index (κ1) is 28.0. The molecule has 4 aromatic rings. The van der Waals surface area contributed by atoms with E-state index in [0.717, 1.165) is 22.1 Å². The number of pyridine rings is 1. The topological polar surface area (TPSA) is 99.5 Å². The lowest BCUT2D eigenvalue weighted by molar-refractivity contribution is -0.0210. The molecule has 3 aliphatic rings. The molecular weight excluding hydrogens is 596 g/mol. The fraction of sp³-hybridized carbons (Fsp3) is 0.258. The summed E-state index contributed by atoms with van der Waals surface area (Å²) in [6.07, 6.45) is -0.235. The van der Waals surface area contributed by atoms with Gasteiger partial charge >= 0.3 is 6.16 Å². The van der Waals surface area contributed by atoms with Crippen molar-refractivity contribution in [3.8, 4) is 27.3 Å². The summed E-state index contributed by atoms with van der Waals surface area (Å²) in [7, 11) is 0. The van der Waals surface area contributed by atoms with E-state index in [-0.39, 0.29) is 43.4 Å². The lowest BCUT2D eigenvalue weighted by Crippen LogP contribution is -2.66. The predicted octanol–water partition coefficient (Wildman–Crippen LogP) is 4.88. The highest BCUT2D eigenvalue weighted by molar-refractivity contribution is 7.14. The van der Waals surface area contributed by atoms with E-state index in [1.165, 1.54) is 28.3 Å². The molecule has 1 saturated heterocycles. The minimum absolute atomic E-state index is 0.0789. The summed E-state index contributed by atoms with van der Waals surface area (Å²) in [6, 6.07) is 12.5. The number of benzene rings is 2. The molecule has 13 heteroatoms. The van der Waals surface area contributed by atoms with Gasteiger partial charge in [-0.25, -0.2) is 13.6 Å². The molecule has 4 heterocycles. The van der Waals surface area contributed by atoms with Crippen LogP contribution in [-0.2, 0) is 14.2 Å². The summed E-state index contributed by atoms with van der Waals surface area (Å²) in [5.41, 5.74) is 2.02. The van der Waals surface area contributed by atoms with E-state index in [2.05, 4.69) is 0 Å². The first-order chi connectivity index (χ1) is 21.4. The van der Waals surface area contributed by atoms with Crippen LogP contribution in [0, 0.1) is 11.6 Å². The Kier molecular flexibility index (Phi) is 7.05. The maximum absolute atomic E-state index is 15.9.